The third kappa shape index (κ3) is 3.07. The summed E-state index contributed by atoms with van der Waals surface area (Å²) in [6.45, 7) is 0. The second-order valence-corrected chi connectivity index (χ2v) is 6.85. The van der Waals surface area contributed by atoms with E-state index in [1.54, 1.807) is 18.2 Å². The minimum atomic E-state index is -0.492. The number of carbonyl (C=O) groups excluding carboxylic acids is 1. The first-order valence-corrected chi connectivity index (χ1v) is 9.10. The first-order chi connectivity index (χ1) is 14.0. The summed E-state index contributed by atoms with van der Waals surface area (Å²) in [6, 6.07) is 6.54. The minimum absolute atomic E-state index is 0.0227. The smallest absolute Gasteiger partial charge is 0.312 e. The van der Waals surface area contributed by atoms with E-state index >= 15 is 0 Å². The van der Waals surface area contributed by atoms with Gasteiger partial charge in [-0.2, -0.15) is 0 Å². The van der Waals surface area contributed by atoms with Crippen LogP contribution < -0.4 is 24.4 Å². The average Bonchev–Trinajstić information content (AvgIpc) is 2.74. The molecule has 1 atom stereocenters. The Kier molecular flexibility index (Phi) is 4.84. The van der Waals surface area contributed by atoms with Crippen LogP contribution in [0.25, 0.3) is 11.0 Å². The molecule has 1 aromatic heterocycles. The molecule has 1 aliphatic heterocycles. The van der Waals surface area contributed by atoms with Crippen molar-refractivity contribution in [3.05, 3.63) is 56.9 Å². The molecule has 2 heterocycles. The predicted molar refractivity (Wildman–Crippen MR) is 106 cm³/mol. The lowest BCUT2D eigenvalue weighted by Crippen LogP contribution is -2.22. The molecular formula is C21H17ClO7. The molecule has 8 heteroatoms. The van der Waals surface area contributed by atoms with E-state index in [4.69, 9.17) is 35.0 Å². The molecule has 1 unspecified atom stereocenters. The summed E-state index contributed by atoms with van der Waals surface area (Å²) in [5, 5.41) is 0.282. The van der Waals surface area contributed by atoms with Gasteiger partial charge in [0.15, 0.2) is 11.5 Å². The summed E-state index contributed by atoms with van der Waals surface area (Å²) >= 11 is 5.93. The normalized spacial score (nSPS) is 15.6. The van der Waals surface area contributed by atoms with E-state index < -0.39 is 11.9 Å². The van der Waals surface area contributed by atoms with Crippen LogP contribution in [0, 0.1) is 0 Å². The number of esters is 1. The summed E-state index contributed by atoms with van der Waals surface area (Å²) in [4.78, 5) is 24.8. The van der Waals surface area contributed by atoms with Crippen molar-refractivity contribution >= 4 is 28.5 Å². The Morgan fingerprint density at radius 3 is 2.38 bits per heavy atom. The van der Waals surface area contributed by atoms with Crippen molar-refractivity contribution in [1.82, 2.24) is 0 Å². The van der Waals surface area contributed by atoms with E-state index in [-0.39, 0.29) is 16.9 Å². The van der Waals surface area contributed by atoms with Crippen molar-refractivity contribution in [1.29, 1.82) is 0 Å². The Bertz CT molecular complexity index is 1180. The van der Waals surface area contributed by atoms with Crippen LogP contribution in [0.4, 0.5) is 0 Å². The summed E-state index contributed by atoms with van der Waals surface area (Å²) < 4.78 is 27.4. The molecule has 0 aliphatic carbocycles. The molecular weight excluding hydrogens is 400 g/mol. The van der Waals surface area contributed by atoms with E-state index in [0.29, 0.717) is 45.1 Å². The largest absolute Gasteiger partial charge is 0.496 e. The first-order valence-electron chi connectivity index (χ1n) is 8.73. The van der Waals surface area contributed by atoms with E-state index in [2.05, 4.69) is 0 Å². The van der Waals surface area contributed by atoms with Gasteiger partial charge in [-0.25, -0.2) is 0 Å². The molecule has 0 radical (unpaired) electrons. The van der Waals surface area contributed by atoms with Crippen LogP contribution in [0.15, 0.2) is 39.7 Å². The maximum Gasteiger partial charge on any atom is 0.312 e. The lowest BCUT2D eigenvalue weighted by molar-refractivity contribution is -0.135. The zero-order chi connectivity index (χ0) is 20.7. The van der Waals surface area contributed by atoms with Crippen LogP contribution in [-0.4, -0.2) is 27.3 Å². The Labute approximate surface area is 170 Å². The van der Waals surface area contributed by atoms with Crippen molar-refractivity contribution < 1.29 is 28.2 Å². The van der Waals surface area contributed by atoms with Crippen molar-refractivity contribution in [2.75, 3.05) is 21.3 Å². The second-order valence-electron chi connectivity index (χ2n) is 6.45. The van der Waals surface area contributed by atoms with Crippen molar-refractivity contribution in [2.45, 2.75) is 12.3 Å². The molecule has 4 rings (SSSR count). The maximum absolute atomic E-state index is 12.5. The number of fused-ring (bicyclic) bond motifs is 3. The summed E-state index contributed by atoms with van der Waals surface area (Å²) in [5.41, 5.74) is 1.20. The highest BCUT2D eigenvalue weighted by Gasteiger charge is 2.34. The van der Waals surface area contributed by atoms with Gasteiger partial charge in [0, 0.05) is 23.1 Å². The van der Waals surface area contributed by atoms with E-state index in [1.165, 1.54) is 33.7 Å². The van der Waals surface area contributed by atoms with Crippen LogP contribution >= 0.6 is 11.6 Å². The van der Waals surface area contributed by atoms with Crippen LogP contribution in [0.2, 0.25) is 5.02 Å². The van der Waals surface area contributed by atoms with Gasteiger partial charge in [0.05, 0.1) is 33.1 Å². The number of rotatable bonds is 4. The average molecular weight is 417 g/mol. The molecule has 150 valence electrons. The van der Waals surface area contributed by atoms with Crippen molar-refractivity contribution in [3.63, 3.8) is 0 Å². The Morgan fingerprint density at radius 1 is 1.00 bits per heavy atom. The number of halogens is 1. The number of ether oxygens (including phenoxy) is 4. The van der Waals surface area contributed by atoms with Crippen molar-refractivity contribution in [2.24, 2.45) is 0 Å². The molecule has 0 N–H and O–H groups in total. The molecule has 0 amide bonds. The molecule has 3 aromatic rings. The van der Waals surface area contributed by atoms with Gasteiger partial charge in [-0.3, -0.25) is 9.59 Å². The standard InChI is InChI=1S/C21H17ClO7/c1-25-15-8-17(27-3)16(26-2)6-11(15)12-7-18(23)29-14-5-4-10-20(24)13(22)9-28-21(10)19(12)14/h4-6,8-9,12H,7H2,1-3H3. The Morgan fingerprint density at radius 2 is 1.69 bits per heavy atom. The summed E-state index contributed by atoms with van der Waals surface area (Å²) in [6.07, 6.45) is 1.22. The number of hydrogen-bond acceptors (Lipinski definition) is 7. The van der Waals surface area contributed by atoms with Gasteiger partial charge in [-0.05, 0) is 18.2 Å². The van der Waals surface area contributed by atoms with Gasteiger partial charge < -0.3 is 23.4 Å². The maximum atomic E-state index is 12.5. The van der Waals surface area contributed by atoms with E-state index in [0.717, 1.165) is 0 Å². The van der Waals surface area contributed by atoms with Gasteiger partial charge in [0.25, 0.3) is 0 Å². The number of carbonyl (C=O) groups is 1. The zero-order valence-electron chi connectivity index (χ0n) is 15.9. The molecule has 2 aromatic carbocycles. The quantitative estimate of drug-likeness (QED) is 0.471. The SMILES string of the molecule is COc1cc(OC)c(C2CC(=O)Oc3ccc4c(=O)c(Cl)coc4c32)cc1OC. The molecule has 7 nitrogen and oxygen atoms in total. The molecule has 0 fully saturated rings. The summed E-state index contributed by atoms with van der Waals surface area (Å²) in [5.74, 6) is 0.892. The molecule has 0 spiro atoms. The third-order valence-electron chi connectivity index (χ3n) is 4.95. The minimum Gasteiger partial charge on any atom is -0.496 e. The number of hydrogen-bond donors (Lipinski definition) is 0. The predicted octanol–water partition coefficient (Wildman–Crippen LogP) is 3.91. The Balaban J connectivity index is 2.03. The highest BCUT2D eigenvalue weighted by molar-refractivity contribution is 6.30. The summed E-state index contributed by atoms with van der Waals surface area (Å²) in [7, 11) is 4.57. The van der Waals surface area contributed by atoms with Crippen molar-refractivity contribution in [3.8, 4) is 23.0 Å². The van der Waals surface area contributed by atoms with E-state index in [1.807, 2.05) is 0 Å². The van der Waals surface area contributed by atoms with Gasteiger partial charge in [0.1, 0.15) is 28.4 Å². The highest BCUT2D eigenvalue weighted by Crippen LogP contribution is 2.47. The second kappa shape index (κ2) is 7.33. The third-order valence-corrected chi connectivity index (χ3v) is 5.21. The molecule has 1 aliphatic rings. The lowest BCUT2D eigenvalue weighted by Gasteiger charge is -2.27. The topological polar surface area (TPSA) is 84.2 Å². The number of methoxy groups -OCH3 is 3. The van der Waals surface area contributed by atoms with Crippen LogP contribution in [0.3, 0.4) is 0 Å². The van der Waals surface area contributed by atoms with Gasteiger partial charge in [-0.1, -0.05) is 11.6 Å². The lowest BCUT2D eigenvalue weighted by atomic mass is 9.84. The van der Waals surface area contributed by atoms with Crippen LogP contribution in [0.5, 0.6) is 23.0 Å². The van der Waals surface area contributed by atoms with Crippen LogP contribution in [-0.2, 0) is 4.79 Å². The zero-order valence-corrected chi connectivity index (χ0v) is 16.7. The van der Waals surface area contributed by atoms with E-state index in [9.17, 15) is 9.59 Å². The molecule has 0 bridgehead atoms. The molecule has 0 saturated carbocycles. The van der Waals surface area contributed by atoms with Gasteiger partial charge >= 0.3 is 5.97 Å². The fourth-order valence-electron chi connectivity index (χ4n) is 3.62. The fourth-order valence-corrected chi connectivity index (χ4v) is 3.77. The van der Waals surface area contributed by atoms with Crippen LogP contribution in [0.1, 0.15) is 23.5 Å². The first kappa shape index (κ1) is 19.1. The monoisotopic (exact) mass is 416 g/mol. The number of benzene rings is 2. The van der Waals surface area contributed by atoms with Gasteiger partial charge in [0.2, 0.25) is 5.43 Å². The molecule has 0 saturated heterocycles. The fraction of sp³-hybridized carbons (Fsp3) is 0.238. The highest BCUT2D eigenvalue weighted by atomic mass is 35.5. The molecule has 29 heavy (non-hydrogen) atoms. The Hall–Kier alpha value is -3.19. The van der Waals surface area contributed by atoms with Gasteiger partial charge in [-0.15, -0.1) is 0 Å².